The van der Waals surface area contributed by atoms with E-state index in [1.807, 2.05) is 5.48 Å². The zero-order valence-corrected chi connectivity index (χ0v) is 9.01. The quantitative estimate of drug-likeness (QED) is 0.450. The van der Waals surface area contributed by atoms with Crippen molar-refractivity contribution in [1.29, 1.82) is 0 Å². The molecule has 0 unspecified atom stereocenters. The molecule has 0 fully saturated rings. The predicted molar refractivity (Wildman–Crippen MR) is 52.7 cm³/mol. The number of carbonyl (C=O) groups is 2. The molecule has 0 aliphatic carbocycles. The number of carbonyl (C=O) groups excluding carboxylic acids is 1. The normalized spacial score (nSPS) is 9.88. The third-order valence-electron chi connectivity index (χ3n) is 1.58. The molecule has 0 atom stereocenters. The first kappa shape index (κ1) is 14.6. The zero-order valence-electron chi connectivity index (χ0n) is 9.01. The number of aliphatic carboxylic acids is 1. The number of rotatable bonds is 8. The lowest BCUT2D eigenvalue weighted by Crippen LogP contribution is -2.43. The van der Waals surface area contributed by atoms with Crippen molar-refractivity contribution in [1.82, 2.24) is 10.4 Å². The van der Waals surface area contributed by atoms with Gasteiger partial charge in [-0.3, -0.25) is 4.84 Å². The van der Waals surface area contributed by atoms with Crippen LogP contribution in [0.25, 0.3) is 0 Å². The molecule has 8 nitrogen and oxygen atoms in total. The van der Waals surface area contributed by atoms with Gasteiger partial charge in [0.1, 0.15) is 0 Å². The summed E-state index contributed by atoms with van der Waals surface area (Å²) in [6.45, 7) is -0.115. The van der Waals surface area contributed by atoms with E-state index in [2.05, 4.69) is 4.84 Å². The van der Waals surface area contributed by atoms with E-state index in [0.717, 1.165) is 0 Å². The molecule has 0 aromatic heterocycles. The summed E-state index contributed by atoms with van der Waals surface area (Å²) in [4.78, 5) is 27.1. The van der Waals surface area contributed by atoms with Gasteiger partial charge in [0.2, 0.25) is 0 Å². The van der Waals surface area contributed by atoms with Crippen molar-refractivity contribution >= 4 is 12.0 Å². The number of aliphatic hydroxyl groups is 1. The van der Waals surface area contributed by atoms with Gasteiger partial charge in [0.15, 0.2) is 6.61 Å². The lowest BCUT2D eigenvalue weighted by Gasteiger charge is -2.20. The van der Waals surface area contributed by atoms with E-state index >= 15 is 0 Å². The second-order valence-electron chi connectivity index (χ2n) is 2.79. The van der Waals surface area contributed by atoms with Gasteiger partial charge in [0.25, 0.3) is 0 Å². The lowest BCUT2D eigenvalue weighted by atomic mass is 10.5. The number of hydroxylamine groups is 1. The molecular formula is C8H16N2O6. The van der Waals surface area contributed by atoms with Crippen molar-refractivity contribution in [3.05, 3.63) is 0 Å². The highest BCUT2D eigenvalue weighted by Gasteiger charge is 2.12. The Morgan fingerprint density at radius 2 is 2.06 bits per heavy atom. The smallest absolute Gasteiger partial charge is 0.341 e. The van der Waals surface area contributed by atoms with Crippen LogP contribution >= 0.6 is 0 Å². The van der Waals surface area contributed by atoms with Crippen molar-refractivity contribution in [3.8, 4) is 0 Å². The number of hydrogen-bond acceptors (Lipinski definition) is 5. The standard InChI is InChI=1S/C8H16N2O6/c1-15-5-3-10(2-4-11)8(14)9-16-6-7(12)13/h11H,2-6H2,1H3,(H,9,14)(H,12,13). The van der Waals surface area contributed by atoms with Crippen molar-refractivity contribution < 1.29 is 29.4 Å². The van der Waals surface area contributed by atoms with E-state index in [4.69, 9.17) is 14.9 Å². The van der Waals surface area contributed by atoms with Gasteiger partial charge in [0.05, 0.1) is 13.2 Å². The van der Waals surface area contributed by atoms with Crippen LogP contribution < -0.4 is 5.48 Å². The molecule has 2 amide bonds. The van der Waals surface area contributed by atoms with Crippen molar-refractivity contribution in [3.63, 3.8) is 0 Å². The van der Waals surface area contributed by atoms with Gasteiger partial charge in [-0.25, -0.2) is 15.1 Å². The molecule has 0 aromatic rings. The third-order valence-corrected chi connectivity index (χ3v) is 1.58. The molecule has 3 N–H and O–H groups in total. The van der Waals surface area contributed by atoms with E-state index in [1.54, 1.807) is 0 Å². The van der Waals surface area contributed by atoms with Crippen LogP contribution in [0.4, 0.5) is 4.79 Å². The number of carboxylic acid groups (broad SMARTS) is 1. The first-order chi connectivity index (χ1) is 7.61. The van der Waals surface area contributed by atoms with Gasteiger partial charge < -0.3 is 19.8 Å². The summed E-state index contributed by atoms with van der Waals surface area (Å²) in [5.74, 6) is -1.19. The molecule has 0 rings (SSSR count). The number of nitrogens with zero attached hydrogens (tertiary/aromatic N) is 1. The van der Waals surface area contributed by atoms with E-state index in [1.165, 1.54) is 12.0 Å². The minimum atomic E-state index is -1.19. The van der Waals surface area contributed by atoms with E-state index < -0.39 is 18.6 Å². The minimum Gasteiger partial charge on any atom is -0.479 e. The van der Waals surface area contributed by atoms with Gasteiger partial charge in [-0.1, -0.05) is 0 Å². The molecule has 0 aliphatic heterocycles. The number of aliphatic hydroxyl groups excluding tert-OH is 1. The Morgan fingerprint density at radius 3 is 2.56 bits per heavy atom. The number of amides is 2. The summed E-state index contributed by atoms with van der Waals surface area (Å²) in [7, 11) is 1.48. The summed E-state index contributed by atoms with van der Waals surface area (Å²) in [6, 6.07) is -0.618. The molecule has 0 aliphatic rings. The van der Waals surface area contributed by atoms with Gasteiger partial charge >= 0.3 is 12.0 Å². The summed E-state index contributed by atoms with van der Waals surface area (Å²) < 4.78 is 4.77. The van der Waals surface area contributed by atoms with Crippen LogP contribution in [0.2, 0.25) is 0 Å². The average Bonchev–Trinajstić information content (AvgIpc) is 2.23. The molecule has 0 saturated heterocycles. The van der Waals surface area contributed by atoms with Gasteiger partial charge in [-0.2, -0.15) is 0 Å². The Labute approximate surface area is 92.7 Å². The summed E-state index contributed by atoms with van der Waals surface area (Å²) in [6.07, 6.45) is 0. The fourth-order valence-corrected chi connectivity index (χ4v) is 0.861. The van der Waals surface area contributed by atoms with Crippen LogP contribution in [0, 0.1) is 0 Å². The van der Waals surface area contributed by atoms with E-state index in [0.29, 0.717) is 6.61 Å². The van der Waals surface area contributed by atoms with E-state index in [9.17, 15) is 9.59 Å². The predicted octanol–water partition coefficient (Wildman–Crippen LogP) is -1.35. The second-order valence-corrected chi connectivity index (χ2v) is 2.79. The SMILES string of the molecule is COCCN(CCO)C(=O)NOCC(=O)O. The van der Waals surface area contributed by atoms with Crippen molar-refractivity contribution in [2.24, 2.45) is 0 Å². The highest BCUT2D eigenvalue weighted by molar-refractivity contribution is 5.73. The second kappa shape index (κ2) is 8.89. The monoisotopic (exact) mass is 236 g/mol. The van der Waals surface area contributed by atoms with Crippen LogP contribution in [-0.4, -0.2) is 67.1 Å². The third kappa shape index (κ3) is 6.98. The maximum atomic E-state index is 11.4. The van der Waals surface area contributed by atoms with Crippen LogP contribution in [0.5, 0.6) is 0 Å². The molecule has 0 saturated carbocycles. The number of ether oxygens (including phenoxy) is 1. The summed E-state index contributed by atoms with van der Waals surface area (Å²) in [5.41, 5.74) is 1.95. The Bertz CT molecular complexity index is 223. The Morgan fingerprint density at radius 1 is 1.38 bits per heavy atom. The zero-order chi connectivity index (χ0) is 12.4. The first-order valence-corrected chi connectivity index (χ1v) is 4.60. The molecule has 94 valence electrons. The van der Waals surface area contributed by atoms with Crippen molar-refractivity contribution in [2.75, 3.05) is 40.0 Å². The lowest BCUT2D eigenvalue weighted by molar-refractivity contribution is -0.144. The molecule has 0 heterocycles. The Balaban J connectivity index is 3.90. The van der Waals surface area contributed by atoms with Crippen LogP contribution in [0.3, 0.4) is 0 Å². The molecule has 16 heavy (non-hydrogen) atoms. The summed E-state index contributed by atoms with van der Waals surface area (Å²) >= 11 is 0. The van der Waals surface area contributed by atoms with Crippen LogP contribution in [0.1, 0.15) is 0 Å². The number of urea groups is 1. The summed E-state index contributed by atoms with van der Waals surface area (Å²) in [5, 5.41) is 17.0. The largest absolute Gasteiger partial charge is 0.479 e. The van der Waals surface area contributed by atoms with Gasteiger partial charge in [0, 0.05) is 20.2 Å². The highest BCUT2D eigenvalue weighted by atomic mass is 16.7. The Kier molecular flexibility index (Phi) is 8.12. The van der Waals surface area contributed by atoms with Crippen LogP contribution in [-0.2, 0) is 14.4 Å². The fraction of sp³-hybridized carbons (Fsp3) is 0.750. The minimum absolute atomic E-state index is 0.117. The molecule has 8 heteroatoms. The highest BCUT2D eigenvalue weighted by Crippen LogP contribution is 1.89. The first-order valence-electron chi connectivity index (χ1n) is 4.60. The number of nitrogens with one attached hydrogen (secondary N) is 1. The molecule has 0 aromatic carbocycles. The maximum Gasteiger partial charge on any atom is 0.341 e. The molecule has 0 radical (unpaired) electrons. The number of carboxylic acids is 1. The topological polar surface area (TPSA) is 108 Å². The Hall–Kier alpha value is -1.38. The number of methoxy groups -OCH3 is 1. The van der Waals surface area contributed by atoms with Gasteiger partial charge in [-0.05, 0) is 0 Å². The molecule has 0 spiro atoms. The number of hydrogen-bond donors (Lipinski definition) is 3. The maximum absolute atomic E-state index is 11.4. The molecular weight excluding hydrogens is 220 g/mol. The average molecular weight is 236 g/mol. The van der Waals surface area contributed by atoms with Gasteiger partial charge in [-0.15, -0.1) is 0 Å². The van der Waals surface area contributed by atoms with E-state index in [-0.39, 0.29) is 19.7 Å². The fourth-order valence-electron chi connectivity index (χ4n) is 0.861. The molecule has 0 bridgehead atoms. The van der Waals surface area contributed by atoms with Crippen molar-refractivity contribution in [2.45, 2.75) is 0 Å². The van der Waals surface area contributed by atoms with Crippen LogP contribution in [0.15, 0.2) is 0 Å².